The zero-order valence-electron chi connectivity index (χ0n) is 15.6. The molecule has 0 radical (unpaired) electrons. The molecule has 1 heterocycles. The Morgan fingerprint density at radius 2 is 1.67 bits per heavy atom. The summed E-state index contributed by atoms with van der Waals surface area (Å²) in [5.41, 5.74) is 10.6. The summed E-state index contributed by atoms with van der Waals surface area (Å²) in [5, 5.41) is 11.9. The maximum atomic E-state index is 13.2. The molecule has 140 valence electrons. The second-order valence-corrected chi connectivity index (χ2v) is 7.19. The fourth-order valence-corrected chi connectivity index (χ4v) is 3.93. The number of aromatic nitrogens is 2. The van der Waals surface area contributed by atoms with Crippen LogP contribution in [-0.4, -0.2) is 29.1 Å². The van der Waals surface area contributed by atoms with E-state index in [2.05, 4.69) is 15.5 Å². The van der Waals surface area contributed by atoms with Crippen molar-refractivity contribution in [3.05, 3.63) is 47.5 Å². The lowest BCUT2D eigenvalue weighted by Crippen LogP contribution is -2.13. The van der Waals surface area contributed by atoms with Crippen LogP contribution in [0.1, 0.15) is 54.4 Å². The first-order valence-corrected chi connectivity index (χ1v) is 9.90. The minimum atomic E-state index is 0.0781. The SMILES string of the molecule is NCCCCCCCCNc1cccc2c1C(=O)c1cccc3[nH]nc-2c13. The van der Waals surface area contributed by atoms with Crippen molar-refractivity contribution in [2.75, 3.05) is 18.4 Å². The maximum absolute atomic E-state index is 13.2. The molecule has 0 saturated heterocycles. The van der Waals surface area contributed by atoms with Crippen LogP contribution in [0.2, 0.25) is 0 Å². The van der Waals surface area contributed by atoms with E-state index in [1.165, 1.54) is 25.7 Å². The predicted molar refractivity (Wildman–Crippen MR) is 110 cm³/mol. The smallest absolute Gasteiger partial charge is 0.196 e. The number of hydrogen-bond acceptors (Lipinski definition) is 4. The Kier molecular flexibility index (Phi) is 5.21. The molecule has 1 aliphatic carbocycles. The number of nitrogens with two attached hydrogens (primary N) is 1. The molecule has 0 fully saturated rings. The Bertz CT molecular complexity index is 960. The number of benzene rings is 2. The first kappa shape index (κ1) is 17.7. The Balaban J connectivity index is 1.48. The highest BCUT2D eigenvalue weighted by molar-refractivity contribution is 6.27. The number of nitrogens with one attached hydrogen (secondary N) is 2. The lowest BCUT2D eigenvalue weighted by molar-refractivity contribution is 0.104. The van der Waals surface area contributed by atoms with Crippen molar-refractivity contribution in [1.29, 1.82) is 0 Å². The van der Waals surface area contributed by atoms with Gasteiger partial charge in [0.1, 0.15) is 5.69 Å². The highest BCUT2D eigenvalue weighted by atomic mass is 16.1. The normalized spacial score (nSPS) is 12.4. The fraction of sp³-hybridized carbons (Fsp3) is 0.364. The van der Waals surface area contributed by atoms with Gasteiger partial charge in [0.15, 0.2) is 5.78 Å². The van der Waals surface area contributed by atoms with Crippen LogP contribution in [0.25, 0.3) is 22.2 Å². The molecule has 1 aromatic heterocycles. The van der Waals surface area contributed by atoms with Gasteiger partial charge in [0, 0.05) is 28.7 Å². The van der Waals surface area contributed by atoms with Crippen molar-refractivity contribution >= 4 is 22.4 Å². The number of ketones is 1. The molecule has 0 unspecified atom stereocenters. The summed E-state index contributed by atoms with van der Waals surface area (Å²) in [4.78, 5) is 13.2. The first-order chi connectivity index (χ1) is 13.3. The molecule has 5 nitrogen and oxygen atoms in total. The number of nitrogens with zero attached hydrogens (tertiary/aromatic N) is 1. The summed E-state index contributed by atoms with van der Waals surface area (Å²) in [7, 11) is 0. The molecule has 1 aliphatic rings. The van der Waals surface area contributed by atoms with Gasteiger partial charge in [0.05, 0.1) is 11.1 Å². The molecule has 3 aromatic rings. The van der Waals surface area contributed by atoms with Crippen LogP contribution >= 0.6 is 0 Å². The van der Waals surface area contributed by atoms with Crippen LogP contribution < -0.4 is 11.1 Å². The third-order valence-corrected chi connectivity index (χ3v) is 5.33. The van der Waals surface area contributed by atoms with E-state index in [1.807, 2.05) is 36.4 Å². The van der Waals surface area contributed by atoms with E-state index in [0.29, 0.717) is 0 Å². The van der Waals surface area contributed by atoms with Gasteiger partial charge >= 0.3 is 0 Å². The third kappa shape index (κ3) is 3.35. The van der Waals surface area contributed by atoms with Crippen LogP contribution in [0.3, 0.4) is 0 Å². The summed E-state index contributed by atoms with van der Waals surface area (Å²) in [6, 6.07) is 11.7. The molecule has 0 saturated carbocycles. The van der Waals surface area contributed by atoms with Crippen LogP contribution in [-0.2, 0) is 0 Å². The molecule has 0 aliphatic heterocycles. The third-order valence-electron chi connectivity index (χ3n) is 5.33. The Morgan fingerprint density at radius 3 is 2.52 bits per heavy atom. The van der Waals surface area contributed by atoms with Crippen LogP contribution in [0.15, 0.2) is 36.4 Å². The Hall–Kier alpha value is -2.66. The van der Waals surface area contributed by atoms with Gasteiger partial charge in [-0.1, -0.05) is 49.9 Å². The molecule has 27 heavy (non-hydrogen) atoms. The standard InChI is InChI=1S/C22H26N4O/c23-13-5-3-1-2-4-6-14-24-17-11-7-9-15-20(17)22(27)16-10-8-12-18-19(16)21(15)26-25-18/h7-12,24H,1-6,13-14,23H2,(H,25,26). The van der Waals surface area contributed by atoms with E-state index >= 15 is 0 Å². The topological polar surface area (TPSA) is 83.8 Å². The van der Waals surface area contributed by atoms with Crippen LogP contribution in [0.5, 0.6) is 0 Å². The number of unbranched alkanes of at least 4 members (excludes halogenated alkanes) is 5. The number of fused-ring (bicyclic) bond motifs is 2. The number of rotatable bonds is 9. The van der Waals surface area contributed by atoms with E-state index < -0.39 is 0 Å². The van der Waals surface area contributed by atoms with Gasteiger partial charge in [-0.05, 0) is 31.5 Å². The van der Waals surface area contributed by atoms with Gasteiger partial charge in [-0.25, -0.2) is 0 Å². The summed E-state index contributed by atoms with van der Waals surface area (Å²) in [6.07, 6.45) is 7.14. The maximum Gasteiger partial charge on any atom is 0.196 e. The summed E-state index contributed by atoms with van der Waals surface area (Å²) < 4.78 is 0. The molecule has 4 N–H and O–H groups in total. The zero-order valence-corrected chi connectivity index (χ0v) is 15.6. The summed E-state index contributed by atoms with van der Waals surface area (Å²) in [5.74, 6) is 0.0781. The van der Waals surface area contributed by atoms with Crippen molar-refractivity contribution in [1.82, 2.24) is 10.2 Å². The molecule has 0 spiro atoms. The largest absolute Gasteiger partial charge is 0.384 e. The zero-order chi connectivity index (χ0) is 18.6. The van der Waals surface area contributed by atoms with Crippen molar-refractivity contribution in [3.8, 4) is 11.3 Å². The molecule has 0 amide bonds. The molecular weight excluding hydrogens is 336 g/mol. The quantitative estimate of drug-likeness (QED) is 0.383. The Labute approximate surface area is 159 Å². The van der Waals surface area contributed by atoms with Crippen molar-refractivity contribution < 1.29 is 4.79 Å². The van der Waals surface area contributed by atoms with Gasteiger partial charge in [0.25, 0.3) is 0 Å². The van der Waals surface area contributed by atoms with E-state index in [0.717, 1.165) is 64.9 Å². The van der Waals surface area contributed by atoms with Crippen LogP contribution in [0, 0.1) is 0 Å². The Morgan fingerprint density at radius 1 is 0.926 bits per heavy atom. The molecule has 2 aromatic carbocycles. The van der Waals surface area contributed by atoms with Crippen molar-refractivity contribution in [2.45, 2.75) is 38.5 Å². The predicted octanol–water partition coefficient (Wildman–Crippen LogP) is 4.49. The van der Waals surface area contributed by atoms with Crippen molar-refractivity contribution in [3.63, 3.8) is 0 Å². The molecule has 4 rings (SSSR count). The lowest BCUT2D eigenvalue weighted by Gasteiger charge is -2.19. The molecule has 5 heteroatoms. The van der Waals surface area contributed by atoms with E-state index in [4.69, 9.17) is 5.73 Å². The average Bonchev–Trinajstić information content (AvgIpc) is 3.13. The molecule has 0 bridgehead atoms. The van der Waals surface area contributed by atoms with Gasteiger partial charge in [-0.3, -0.25) is 9.89 Å². The van der Waals surface area contributed by atoms with Gasteiger partial charge in [-0.2, -0.15) is 5.10 Å². The van der Waals surface area contributed by atoms with E-state index in [-0.39, 0.29) is 5.78 Å². The van der Waals surface area contributed by atoms with Gasteiger partial charge in [0.2, 0.25) is 0 Å². The summed E-state index contributed by atoms with van der Waals surface area (Å²) >= 11 is 0. The second kappa shape index (κ2) is 7.92. The molecular formula is C22H26N4O. The molecule has 0 atom stereocenters. The average molecular weight is 362 g/mol. The number of anilines is 1. The second-order valence-electron chi connectivity index (χ2n) is 7.19. The fourth-order valence-electron chi connectivity index (χ4n) is 3.93. The van der Waals surface area contributed by atoms with Crippen LogP contribution in [0.4, 0.5) is 5.69 Å². The minimum Gasteiger partial charge on any atom is -0.384 e. The van der Waals surface area contributed by atoms with Gasteiger partial charge in [-0.15, -0.1) is 0 Å². The monoisotopic (exact) mass is 362 g/mol. The minimum absolute atomic E-state index is 0.0781. The number of H-pyrrole nitrogens is 1. The highest BCUT2D eigenvalue weighted by Gasteiger charge is 2.29. The van der Waals surface area contributed by atoms with Crippen molar-refractivity contribution in [2.24, 2.45) is 5.73 Å². The highest BCUT2D eigenvalue weighted by Crippen LogP contribution is 2.40. The summed E-state index contributed by atoms with van der Waals surface area (Å²) in [6.45, 7) is 1.67. The number of carbonyl (C=O) groups is 1. The number of aromatic amines is 1. The number of hydrogen-bond donors (Lipinski definition) is 3. The first-order valence-electron chi connectivity index (χ1n) is 9.90. The van der Waals surface area contributed by atoms with E-state index in [1.54, 1.807) is 0 Å². The lowest BCUT2D eigenvalue weighted by atomic mass is 9.86. The van der Waals surface area contributed by atoms with E-state index in [9.17, 15) is 4.79 Å². The number of carbonyl (C=O) groups excluding carboxylic acids is 1. The van der Waals surface area contributed by atoms with Gasteiger partial charge < -0.3 is 11.1 Å².